The Balaban J connectivity index is 1.33. The summed E-state index contributed by atoms with van der Waals surface area (Å²) in [6.07, 6.45) is 10.6. The van der Waals surface area contributed by atoms with E-state index in [-0.39, 0.29) is 23.8 Å². The molecular weight excluding hydrogens is 404 g/mol. The number of fused-ring (bicyclic) bond motifs is 1. The first-order chi connectivity index (χ1) is 15.7. The smallest absolute Gasteiger partial charge is 0.323 e. The zero-order valence-corrected chi connectivity index (χ0v) is 18.5. The first-order valence-electron chi connectivity index (χ1n) is 11.7. The minimum absolute atomic E-state index is 0.0115. The average Bonchev–Trinajstić information content (AvgIpc) is 3.20. The largest absolute Gasteiger partial charge is 0.326 e. The number of hydrogen-bond acceptors (Lipinski definition) is 5. The summed E-state index contributed by atoms with van der Waals surface area (Å²) in [4.78, 5) is 41.5. The third-order valence-electron chi connectivity index (χ3n) is 7.05. The molecule has 2 fully saturated rings. The molecule has 2 aliphatic heterocycles. The van der Waals surface area contributed by atoms with Gasteiger partial charge in [-0.2, -0.15) is 0 Å². The van der Waals surface area contributed by atoms with Gasteiger partial charge in [-0.1, -0.05) is 19.1 Å². The highest BCUT2D eigenvalue weighted by Gasteiger charge is 2.35. The lowest BCUT2D eigenvalue weighted by Crippen LogP contribution is -2.55. The summed E-state index contributed by atoms with van der Waals surface area (Å²) < 4.78 is 1.96. The van der Waals surface area contributed by atoms with E-state index in [1.54, 1.807) is 12.4 Å². The van der Waals surface area contributed by atoms with Gasteiger partial charge in [0.1, 0.15) is 6.33 Å². The molecule has 4 heterocycles. The molecule has 8 heteroatoms. The van der Waals surface area contributed by atoms with E-state index in [4.69, 9.17) is 0 Å². The van der Waals surface area contributed by atoms with E-state index in [1.165, 1.54) is 11.9 Å². The number of para-hydroxylation sites is 1. The Kier molecular flexibility index (Phi) is 5.78. The highest BCUT2D eigenvalue weighted by atomic mass is 16.2. The van der Waals surface area contributed by atoms with Crippen molar-refractivity contribution in [2.45, 2.75) is 57.7 Å². The van der Waals surface area contributed by atoms with Crippen molar-refractivity contribution in [1.82, 2.24) is 29.3 Å². The zero-order chi connectivity index (χ0) is 22.1. The number of nitrogens with zero attached hydrogens (tertiary/aromatic N) is 5. The SMILES string of the molecule is CCc1cccc2c1[nH]c(=O)n2C1CCN(C2CCCCN2C(=O)c2cncnc2)CC1. The van der Waals surface area contributed by atoms with Gasteiger partial charge in [-0.25, -0.2) is 14.8 Å². The number of imidazole rings is 1. The van der Waals surface area contributed by atoms with Gasteiger partial charge < -0.3 is 9.88 Å². The number of likely N-dealkylation sites (tertiary alicyclic amines) is 2. The monoisotopic (exact) mass is 434 g/mol. The average molecular weight is 435 g/mol. The molecule has 2 aromatic heterocycles. The van der Waals surface area contributed by atoms with Crippen molar-refractivity contribution in [3.05, 3.63) is 58.5 Å². The number of benzene rings is 1. The number of carbonyl (C=O) groups is 1. The number of aromatic nitrogens is 4. The second kappa shape index (κ2) is 8.86. The van der Waals surface area contributed by atoms with Gasteiger partial charge in [0.05, 0.1) is 22.8 Å². The summed E-state index contributed by atoms with van der Waals surface area (Å²) >= 11 is 0. The molecule has 0 saturated carbocycles. The van der Waals surface area contributed by atoms with Gasteiger partial charge in [0.25, 0.3) is 5.91 Å². The number of H-pyrrole nitrogens is 1. The Morgan fingerprint density at radius 2 is 1.88 bits per heavy atom. The van der Waals surface area contributed by atoms with Crippen molar-refractivity contribution < 1.29 is 4.79 Å². The summed E-state index contributed by atoms with van der Waals surface area (Å²) in [6, 6.07) is 6.34. The topological polar surface area (TPSA) is 87.1 Å². The number of aryl methyl sites for hydroxylation is 1. The van der Waals surface area contributed by atoms with E-state index in [0.29, 0.717) is 5.56 Å². The number of nitrogens with one attached hydrogen (secondary N) is 1. The van der Waals surface area contributed by atoms with Gasteiger partial charge in [-0.05, 0) is 50.2 Å². The lowest BCUT2D eigenvalue weighted by atomic mass is 9.99. The fourth-order valence-corrected chi connectivity index (χ4v) is 5.41. The van der Waals surface area contributed by atoms with E-state index in [0.717, 1.165) is 69.2 Å². The molecule has 1 atom stereocenters. The van der Waals surface area contributed by atoms with E-state index < -0.39 is 0 Å². The number of amides is 1. The van der Waals surface area contributed by atoms with Crippen LogP contribution in [0.4, 0.5) is 0 Å². The van der Waals surface area contributed by atoms with Crippen LogP contribution >= 0.6 is 0 Å². The molecule has 0 spiro atoms. The first kappa shape index (κ1) is 20.9. The molecule has 32 heavy (non-hydrogen) atoms. The predicted molar refractivity (Wildman–Crippen MR) is 122 cm³/mol. The molecule has 8 nitrogen and oxygen atoms in total. The van der Waals surface area contributed by atoms with Crippen LogP contribution in [-0.2, 0) is 6.42 Å². The predicted octanol–water partition coefficient (Wildman–Crippen LogP) is 2.97. The molecule has 0 bridgehead atoms. The van der Waals surface area contributed by atoms with Crippen LogP contribution in [-0.4, -0.2) is 61.0 Å². The quantitative estimate of drug-likeness (QED) is 0.682. The van der Waals surface area contributed by atoms with Crippen LogP contribution < -0.4 is 5.69 Å². The van der Waals surface area contributed by atoms with Gasteiger partial charge in [-0.3, -0.25) is 14.3 Å². The summed E-state index contributed by atoms with van der Waals surface area (Å²) in [5, 5.41) is 0. The number of carbonyl (C=O) groups excluding carboxylic acids is 1. The summed E-state index contributed by atoms with van der Waals surface area (Å²) in [5.41, 5.74) is 3.68. The van der Waals surface area contributed by atoms with E-state index in [1.807, 2.05) is 21.6 Å². The van der Waals surface area contributed by atoms with Crippen LogP contribution in [0.5, 0.6) is 0 Å². The number of aromatic amines is 1. The lowest BCUT2D eigenvalue weighted by Gasteiger charge is -2.45. The van der Waals surface area contributed by atoms with Crippen molar-refractivity contribution in [3.63, 3.8) is 0 Å². The maximum atomic E-state index is 13.1. The third kappa shape index (κ3) is 3.72. The second-order valence-electron chi connectivity index (χ2n) is 8.83. The minimum atomic E-state index is -0.0158. The maximum Gasteiger partial charge on any atom is 0.326 e. The molecule has 1 N–H and O–H groups in total. The zero-order valence-electron chi connectivity index (χ0n) is 18.5. The molecule has 1 aromatic carbocycles. The van der Waals surface area contributed by atoms with Crippen molar-refractivity contribution >= 4 is 16.9 Å². The number of hydrogen-bond donors (Lipinski definition) is 1. The van der Waals surface area contributed by atoms with Gasteiger partial charge in [0.2, 0.25) is 0 Å². The number of rotatable bonds is 4. The Labute approximate surface area is 187 Å². The Bertz CT molecular complexity index is 1150. The Morgan fingerprint density at radius 3 is 2.62 bits per heavy atom. The summed E-state index contributed by atoms with van der Waals surface area (Å²) in [5.74, 6) is 0.0115. The summed E-state index contributed by atoms with van der Waals surface area (Å²) in [7, 11) is 0. The molecular formula is C24H30N6O2. The molecule has 2 saturated heterocycles. The normalized spacial score (nSPS) is 20.7. The van der Waals surface area contributed by atoms with Crippen LogP contribution in [0.25, 0.3) is 11.0 Å². The lowest BCUT2D eigenvalue weighted by molar-refractivity contribution is 0.00115. The van der Waals surface area contributed by atoms with Crippen molar-refractivity contribution in [3.8, 4) is 0 Å². The van der Waals surface area contributed by atoms with Gasteiger partial charge >= 0.3 is 5.69 Å². The highest BCUT2D eigenvalue weighted by Crippen LogP contribution is 2.30. The maximum absolute atomic E-state index is 13.1. The summed E-state index contributed by atoms with van der Waals surface area (Å²) in [6.45, 7) is 4.62. The molecule has 3 aromatic rings. The van der Waals surface area contributed by atoms with Crippen LogP contribution in [0.15, 0.2) is 41.7 Å². The molecule has 0 aliphatic carbocycles. The molecule has 1 unspecified atom stereocenters. The second-order valence-corrected chi connectivity index (χ2v) is 8.83. The Hall–Kier alpha value is -3.00. The van der Waals surface area contributed by atoms with Gasteiger partial charge in [0.15, 0.2) is 0 Å². The molecule has 168 valence electrons. The van der Waals surface area contributed by atoms with Crippen LogP contribution in [0.1, 0.15) is 61.0 Å². The van der Waals surface area contributed by atoms with Crippen LogP contribution in [0, 0.1) is 0 Å². The van der Waals surface area contributed by atoms with E-state index in [9.17, 15) is 9.59 Å². The van der Waals surface area contributed by atoms with Crippen molar-refractivity contribution in [2.75, 3.05) is 19.6 Å². The van der Waals surface area contributed by atoms with E-state index in [2.05, 4.69) is 32.8 Å². The standard InChI is InChI=1S/C24H30N6O2/c1-2-17-6-5-7-20-22(17)27-24(32)30(20)19-9-12-28(13-10-19)21-8-3-4-11-29(21)23(31)18-14-25-16-26-15-18/h5-7,14-16,19,21H,2-4,8-13H2,1H3,(H,27,32). The van der Waals surface area contributed by atoms with Crippen molar-refractivity contribution in [1.29, 1.82) is 0 Å². The van der Waals surface area contributed by atoms with Gasteiger partial charge in [0, 0.05) is 38.1 Å². The molecule has 2 aliphatic rings. The van der Waals surface area contributed by atoms with Crippen LogP contribution in [0.3, 0.4) is 0 Å². The first-order valence-corrected chi connectivity index (χ1v) is 11.7. The minimum Gasteiger partial charge on any atom is -0.323 e. The highest BCUT2D eigenvalue weighted by molar-refractivity contribution is 5.93. The fraction of sp³-hybridized carbons (Fsp3) is 0.500. The third-order valence-corrected chi connectivity index (χ3v) is 7.05. The van der Waals surface area contributed by atoms with Crippen molar-refractivity contribution in [2.24, 2.45) is 0 Å². The molecule has 5 rings (SSSR count). The number of piperidine rings is 2. The van der Waals surface area contributed by atoms with Gasteiger partial charge in [-0.15, -0.1) is 0 Å². The Morgan fingerprint density at radius 1 is 1.09 bits per heavy atom. The van der Waals surface area contributed by atoms with Crippen LogP contribution in [0.2, 0.25) is 0 Å². The molecule has 1 amide bonds. The fourth-order valence-electron chi connectivity index (χ4n) is 5.41. The molecule has 0 radical (unpaired) electrons. The van der Waals surface area contributed by atoms with E-state index >= 15 is 0 Å².